The van der Waals surface area contributed by atoms with E-state index in [9.17, 15) is 9.59 Å². The van der Waals surface area contributed by atoms with Gasteiger partial charge in [-0.05, 0) is 18.6 Å². The third kappa shape index (κ3) is 4.40. The molecule has 1 rings (SSSR count). The molecule has 0 saturated carbocycles. The van der Waals surface area contributed by atoms with Gasteiger partial charge >= 0.3 is 5.97 Å². The smallest absolute Gasteiger partial charge is 0.305 e. The lowest BCUT2D eigenvalue weighted by atomic mass is 10.2. The summed E-state index contributed by atoms with van der Waals surface area (Å²) in [6.07, 6.45) is 2.31. The number of nitrogens with one attached hydrogen (secondary N) is 1. The minimum atomic E-state index is -0.298. The van der Waals surface area contributed by atoms with Gasteiger partial charge in [-0.2, -0.15) is 0 Å². The lowest BCUT2D eigenvalue weighted by Gasteiger charge is -2.05. The second-order valence-electron chi connectivity index (χ2n) is 3.28. The fourth-order valence-corrected chi connectivity index (χ4v) is 1.39. The van der Waals surface area contributed by atoms with Crippen molar-refractivity contribution in [3.05, 3.63) is 29.0 Å². The maximum atomic E-state index is 11.6. The van der Waals surface area contributed by atoms with Crippen LogP contribution in [0.15, 0.2) is 18.3 Å². The van der Waals surface area contributed by atoms with Crippen molar-refractivity contribution >= 4 is 23.5 Å². The lowest BCUT2D eigenvalue weighted by Crippen LogP contribution is -2.25. The Balaban J connectivity index is 2.36. The van der Waals surface area contributed by atoms with E-state index in [0.29, 0.717) is 18.5 Å². The van der Waals surface area contributed by atoms with Crippen molar-refractivity contribution in [1.29, 1.82) is 0 Å². The van der Waals surface area contributed by atoms with Gasteiger partial charge in [-0.25, -0.2) is 4.98 Å². The molecule has 0 spiro atoms. The van der Waals surface area contributed by atoms with Gasteiger partial charge in [0.2, 0.25) is 0 Å². The van der Waals surface area contributed by atoms with E-state index in [1.54, 1.807) is 12.1 Å². The fourth-order valence-electron chi connectivity index (χ4n) is 1.19. The van der Waals surface area contributed by atoms with Crippen LogP contribution in [0.1, 0.15) is 23.2 Å². The van der Waals surface area contributed by atoms with Gasteiger partial charge in [-0.1, -0.05) is 11.6 Å². The van der Waals surface area contributed by atoms with E-state index in [1.165, 1.54) is 13.3 Å². The number of carbonyl (C=O) groups excluding carboxylic acids is 2. The quantitative estimate of drug-likeness (QED) is 0.491. The molecule has 92 valence electrons. The monoisotopic (exact) mass is 256 g/mol. The number of rotatable bonds is 5. The molecule has 17 heavy (non-hydrogen) atoms. The summed E-state index contributed by atoms with van der Waals surface area (Å²) >= 11 is 5.76. The van der Waals surface area contributed by atoms with Crippen LogP contribution in [0.25, 0.3) is 0 Å². The first-order valence-corrected chi connectivity index (χ1v) is 5.48. The summed E-state index contributed by atoms with van der Waals surface area (Å²) in [5, 5.41) is 2.81. The predicted octanol–water partition coefficient (Wildman–Crippen LogP) is 1.42. The molecule has 5 nitrogen and oxygen atoms in total. The Morgan fingerprint density at radius 2 is 2.29 bits per heavy atom. The summed E-state index contributed by atoms with van der Waals surface area (Å²) in [6.45, 7) is 0.388. The second kappa shape index (κ2) is 6.85. The van der Waals surface area contributed by atoms with Crippen molar-refractivity contribution in [1.82, 2.24) is 10.3 Å². The normalized spacial score (nSPS) is 9.76. The van der Waals surface area contributed by atoms with Crippen LogP contribution < -0.4 is 5.32 Å². The van der Waals surface area contributed by atoms with Gasteiger partial charge in [0.1, 0.15) is 5.15 Å². The first-order valence-electron chi connectivity index (χ1n) is 5.10. The maximum absolute atomic E-state index is 11.6. The number of esters is 1. The Labute approximate surface area is 104 Å². The molecule has 0 saturated heterocycles. The Kier molecular flexibility index (Phi) is 5.42. The van der Waals surface area contributed by atoms with Crippen molar-refractivity contribution in [2.45, 2.75) is 12.8 Å². The highest BCUT2D eigenvalue weighted by molar-refractivity contribution is 6.32. The van der Waals surface area contributed by atoms with E-state index in [-0.39, 0.29) is 23.5 Å². The Morgan fingerprint density at radius 3 is 2.94 bits per heavy atom. The zero-order chi connectivity index (χ0) is 12.7. The van der Waals surface area contributed by atoms with Gasteiger partial charge < -0.3 is 10.1 Å². The summed E-state index contributed by atoms with van der Waals surface area (Å²) in [5.74, 6) is -0.591. The Bertz CT molecular complexity index is 409. The van der Waals surface area contributed by atoms with Gasteiger partial charge in [0.25, 0.3) is 5.91 Å². The second-order valence-corrected chi connectivity index (χ2v) is 3.64. The molecule has 0 atom stereocenters. The van der Waals surface area contributed by atoms with E-state index in [4.69, 9.17) is 11.6 Å². The van der Waals surface area contributed by atoms with Gasteiger partial charge in [0.15, 0.2) is 0 Å². The molecule has 1 heterocycles. The van der Waals surface area contributed by atoms with Crippen LogP contribution in [0.2, 0.25) is 5.15 Å². The third-order valence-corrected chi connectivity index (χ3v) is 2.38. The van der Waals surface area contributed by atoms with Crippen LogP contribution in [0.3, 0.4) is 0 Å². The summed E-state index contributed by atoms with van der Waals surface area (Å²) in [6, 6.07) is 3.22. The number of hydrogen-bond acceptors (Lipinski definition) is 4. The SMILES string of the molecule is COC(=O)CCCNC(=O)c1cccnc1Cl. The van der Waals surface area contributed by atoms with Gasteiger partial charge in [-0.15, -0.1) is 0 Å². The maximum Gasteiger partial charge on any atom is 0.305 e. The number of aromatic nitrogens is 1. The molecule has 0 fully saturated rings. The largest absolute Gasteiger partial charge is 0.469 e. The third-order valence-electron chi connectivity index (χ3n) is 2.07. The Hall–Kier alpha value is -1.62. The van der Waals surface area contributed by atoms with Crippen molar-refractivity contribution < 1.29 is 14.3 Å². The highest BCUT2D eigenvalue weighted by atomic mass is 35.5. The highest BCUT2D eigenvalue weighted by Gasteiger charge is 2.09. The number of methoxy groups -OCH3 is 1. The van der Waals surface area contributed by atoms with E-state index in [0.717, 1.165) is 0 Å². The first-order chi connectivity index (χ1) is 8.15. The number of amides is 1. The number of carbonyl (C=O) groups is 2. The molecular formula is C11H13ClN2O3. The molecule has 6 heteroatoms. The molecule has 0 radical (unpaired) electrons. The summed E-state index contributed by atoms with van der Waals surface area (Å²) in [7, 11) is 1.33. The zero-order valence-electron chi connectivity index (χ0n) is 9.40. The molecule has 0 aliphatic rings. The van der Waals surface area contributed by atoms with Crippen LogP contribution in [0.4, 0.5) is 0 Å². The van der Waals surface area contributed by atoms with Gasteiger partial charge in [-0.3, -0.25) is 9.59 Å². The lowest BCUT2D eigenvalue weighted by molar-refractivity contribution is -0.140. The topological polar surface area (TPSA) is 68.3 Å². The van der Waals surface area contributed by atoms with E-state index < -0.39 is 0 Å². The van der Waals surface area contributed by atoms with Crippen LogP contribution in [0.5, 0.6) is 0 Å². The average molecular weight is 257 g/mol. The summed E-state index contributed by atoms with van der Waals surface area (Å²) < 4.78 is 4.48. The molecule has 0 aromatic carbocycles. The van der Waals surface area contributed by atoms with Crippen LogP contribution in [-0.4, -0.2) is 30.5 Å². The number of halogens is 1. The molecule has 1 aromatic heterocycles. The van der Waals surface area contributed by atoms with Crippen LogP contribution in [0, 0.1) is 0 Å². The summed E-state index contributed by atoms with van der Waals surface area (Å²) in [4.78, 5) is 26.2. The minimum absolute atomic E-state index is 0.165. The first kappa shape index (κ1) is 13.4. The van der Waals surface area contributed by atoms with Crippen molar-refractivity contribution in [3.8, 4) is 0 Å². The molecule has 1 N–H and O–H groups in total. The van der Waals surface area contributed by atoms with Crippen molar-refractivity contribution in [3.63, 3.8) is 0 Å². The summed E-state index contributed by atoms with van der Waals surface area (Å²) in [5.41, 5.74) is 0.326. The molecule has 1 aromatic rings. The standard InChI is InChI=1S/C11H13ClN2O3/c1-17-9(15)5-3-7-14-11(16)8-4-2-6-13-10(8)12/h2,4,6H,3,5,7H2,1H3,(H,14,16). The number of ether oxygens (including phenoxy) is 1. The molecule has 0 unspecified atom stereocenters. The molecule has 0 aliphatic heterocycles. The predicted molar refractivity (Wildman–Crippen MR) is 62.8 cm³/mol. The van der Waals surface area contributed by atoms with E-state index in [1.807, 2.05) is 0 Å². The minimum Gasteiger partial charge on any atom is -0.469 e. The number of nitrogens with zero attached hydrogens (tertiary/aromatic N) is 1. The van der Waals surface area contributed by atoms with Gasteiger partial charge in [0.05, 0.1) is 12.7 Å². The molecule has 0 bridgehead atoms. The Morgan fingerprint density at radius 1 is 1.53 bits per heavy atom. The molecular weight excluding hydrogens is 244 g/mol. The molecule has 0 aliphatic carbocycles. The number of hydrogen-bond donors (Lipinski definition) is 1. The van der Waals surface area contributed by atoms with E-state index in [2.05, 4.69) is 15.0 Å². The van der Waals surface area contributed by atoms with Crippen LogP contribution in [-0.2, 0) is 9.53 Å². The number of pyridine rings is 1. The molecule has 1 amide bonds. The van der Waals surface area contributed by atoms with Crippen LogP contribution >= 0.6 is 11.6 Å². The van der Waals surface area contributed by atoms with Gasteiger partial charge in [0, 0.05) is 19.2 Å². The fraction of sp³-hybridized carbons (Fsp3) is 0.364. The average Bonchev–Trinajstić information content (AvgIpc) is 2.34. The van der Waals surface area contributed by atoms with E-state index >= 15 is 0 Å². The zero-order valence-corrected chi connectivity index (χ0v) is 10.2. The van der Waals surface area contributed by atoms with Crippen molar-refractivity contribution in [2.24, 2.45) is 0 Å². The van der Waals surface area contributed by atoms with Crippen molar-refractivity contribution in [2.75, 3.05) is 13.7 Å². The highest BCUT2D eigenvalue weighted by Crippen LogP contribution is 2.10.